The number of phenols is 1. The third-order valence-electron chi connectivity index (χ3n) is 5.44. The second kappa shape index (κ2) is 7.70. The fourth-order valence-corrected chi connectivity index (χ4v) is 4.01. The Labute approximate surface area is 148 Å². The van der Waals surface area contributed by atoms with Crippen molar-refractivity contribution < 1.29 is 9.50 Å². The second-order valence-corrected chi connectivity index (χ2v) is 7.09. The van der Waals surface area contributed by atoms with E-state index < -0.39 is 0 Å². The number of nitriles is 1. The first-order valence-electron chi connectivity index (χ1n) is 9.15. The van der Waals surface area contributed by atoms with E-state index in [0.717, 1.165) is 24.3 Å². The molecule has 2 nitrogen and oxygen atoms in total. The molecule has 0 bridgehead atoms. The van der Waals surface area contributed by atoms with E-state index in [9.17, 15) is 9.50 Å². The number of hydrogen-bond acceptors (Lipinski definition) is 2. The molecule has 1 aliphatic rings. The summed E-state index contributed by atoms with van der Waals surface area (Å²) in [6.45, 7) is 2.24. The molecule has 0 aromatic heterocycles. The Kier molecular flexibility index (Phi) is 5.38. The lowest BCUT2D eigenvalue weighted by atomic mass is 9.77. The smallest absolute Gasteiger partial charge is 0.133 e. The summed E-state index contributed by atoms with van der Waals surface area (Å²) in [5.74, 6) is 0.910. The highest BCUT2D eigenvalue weighted by atomic mass is 19.1. The van der Waals surface area contributed by atoms with E-state index in [1.807, 2.05) is 12.1 Å². The fraction of sp³-hybridized carbons (Fsp3) is 0.409. The molecule has 0 amide bonds. The minimum absolute atomic E-state index is 0.113. The summed E-state index contributed by atoms with van der Waals surface area (Å²) in [6, 6.07) is 12.0. The van der Waals surface area contributed by atoms with E-state index in [2.05, 4.69) is 6.92 Å². The lowest BCUT2D eigenvalue weighted by molar-refractivity contribution is 0.308. The standard InChI is InChI=1S/C22H24FNO/c1-2-3-15-4-6-16(7-5-15)17-10-11-20(21(23)12-17)18-8-9-19(14-24)22(25)13-18/h8-13,15-16,25H,2-7H2,1H3. The molecule has 2 aromatic rings. The third-order valence-corrected chi connectivity index (χ3v) is 5.44. The molecular formula is C22H24FNO. The van der Waals surface area contributed by atoms with Gasteiger partial charge in [0, 0.05) is 5.56 Å². The minimum Gasteiger partial charge on any atom is -0.507 e. The van der Waals surface area contributed by atoms with Gasteiger partial charge in [-0.25, -0.2) is 4.39 Å². The maximum atomic E-state index is 14.7. The zero-order valence-corrected chi connectivity index (χ0v) is 14.6. The molecule has 0 saturated heterocycles. The topological polar surface area (TPSA) is 44.0 Å². The molecular weight excluding hydrogens is 313 g/mol. The molecule has 1 saturated carbocycles. The van der Waals surface area contributed by atoms with Crippen LogP contribution >= 0.6 is 0 Å². The van der Waals surface area contributed by atoms with Crippen molar-refractivity contribution in [3.8, 4) is 22.9 Å². The molecule has 1 N–H and O–H groups in total. The summed E-state index contributed by atoms with van der Waals surface area (Å²) >= 11 is 0. The minimum atomic E-state index is -0.266. The predicted octanol–water partition coefficient (Wildman–Crippen LogP) is 6.14. The van der Waals surface area contributed by atoms with Crippen LogP contribution in [0.1, 0.15) is 62.5 Å². The first-order chi connectivity index (χ1) is 12.1. The van der Waals surface area contributed by atoms with Gasteiger partial charge in [-0.2, -0.15) is 5.26 Å². The van der Waals surface area contributed by atoms with Gasteiger partial charge in [0.25, 0.3) is 0 Å². The number of aromatic hydroxyl groups is 1. The molecule has 0 aliphatic heterocycles. The number of halogens is 1. The van der Waals surface area contributed by atoms with Crippen LogP contribution in [0.2, 0.25) is 0 Å². The van der Waals surface area contributed by atoms with Crippen molar-refractivity contribution in [3.05, 3.63) is 53.3 Å². The second-order valence-electron chi connectivity index (χ2n) is 7.09. The Bertz CT molecular complexity index is 785. The summed E-state index contributed by atoms with van der Waals surface area (Å²) in [7, 11) is 0. The molecule has 0 radical (unpaired) electrons. The summed E-state index contributed by atoms with van der Waals surface area (Å²) in [5.41, 5.74) is 2.33. The zero-order valence-electron chi connectivity index (χ0n) is 14.6. The van der Waals surface area contributed by atoms with Crippen molar-refractivity contribution in [3.63, 3.8) is 0 Å². The van der Waals surface area contributed by atoms with Crippen molar-refractivity contribution in [2.24, 2.45) is 5.92 Å². The van der Waals surface area contributed by atoms with Gasteiger partial charge in [-0.05, 0) is 66.8 Å². The van der Waals surface area contributed by atoms with E-state index in [1.54, 1.807) is 18.2 Å². The van der Waals surface area contributed by atoms with Gasteiger partial charge in [0.15, 0.2) is 0 Å². The third kappa shape index (κ3) is 3.85. The Morgan fingerprint density at radius 2 is 1.88 bits per heavy atom. The number of rotatable bonds is 4. The van der Waals surface area contributed by atoms with Crippen LogP contribution in [0.15, 0.2) is 36.4 Å². The number of benzene rings is 2. The Hall–Kier alpha value is -2.34. The molecule has 2 aromatic carbocycles. The largest absolute Gasteiger partial charge is 0.507 e. The first kappa shape index (κ1) is 17.5. The van der Waals surface area contributed by atoms with Crippen molar-refractivity contribution in [2.75, 3.05) is 0 Å². The fourth-order valence-electron chi connectivity index (χ4n) is 4.01. The van der Waals surface area contributed by atoms with Crippen molar-refractivity contribution in [2.45, 2.75) is 51.4 Å². The van der Waals surface area contributed by atoms with Crippen LogP contribution in [0.4, 0.5) is 4.39 Å². The van der Waals surface area contributed by atoms with E-state index in [-0.39, 0.29) is 17.1 Å². The molecule has 25 heavy (non-hydrogen) atoms. The highest BCUT2D eigenvalue weighted by molar-refractivity contribution is 5.68. The van der Waals surface area contributed by atoms with Crippen LogP contribution in [0, 0.1) is 23.1 Å². The van der Waals surface area contributed by atoms with Gasteiger partial charge in [-0.15, -0.1) is 0 Å². The monoisotopic (exact) mass is 337 g/mol. The van der Waals surface area contributed by atoms with Gasteiger partial charge >= 0.3 is 0 Å². The average molecular weight is 337 g/mol. The van der Waals surface area contributed by atoms with Crippen molar-refractivity contribution in [1.29, 1.82) is 5.26 Å². The lowest BCUT2D eigenvalue weighted by Gasteiger charge is -2.28. The highest BCUT2D eigenvalue weighted by Crippen LogP contribution is 2.38. The van der Waals surface area contributed by atoms with Gasteiger partial charge in [-0.1, -0.05) is 38.0 Å². The summed E-state index contributed by atoms with van der Waals surface area (Å²) < 4.78 is 14.7. The molecule has 1 aliphatic carbocycles. The van der Waals surface area contributed by atoms with E-state index in [4.69, 9.17) is 5.26 Å². The van der Waals surface area contributed by atoms with Crippen LogP contribution in [0.5, 0.6) is 5.75 Å². The number of nitrogens with zero attached hydrogens (tertiary/aromatic N) is 1. The van der Waals surface area contributed by atoms with Crippen LogP contribution in [-0.2, 0) is 0 Å². The van der Waals surface area contributed by atoms with Crippen LogP contribution in [-0.4, -0.2) is 5.11 Å². The predicted molar refractivity (Wildman–Crippen MR) is 97.8 cm³/mol. The molecule has 0 atom stereocenters. The van der Waals surface area contributed by atoms with Crippen LogP contribution in [0.3, 0.4) is 0 Å². The maximum absolute atomic E-state index is 14.7. The SMILES string of the molecule is CCCC1CCC(c2ccc(-c3ccc(C#N)c(O)c3)c(F)c2)CC1. The Morgan fingerprint density at radius 3 is 2.48 bits per heavy atom. The Balaban J connectivity index is 1.78. The average Bonchev–Trinajstić information content (AvgIpc) is 2.62. The molecule has 3 rings (SSSR count). The first-order valence-corrected chi connectivity index (χ1v) is 9.15. The van der Waals surface area contributed by atoms with Gasteiger partial charge in [0.2, 0.25) is 0 Å². The van der Waals surface area contributed by atoms with E-state index in [0.29, 0.717) is 17.0 Å². The normalized spacial score (nSPS) is 20.2. The van der Waals surface area contributed by atoms with E-state index >= 15 is 0 Å². The van der Waals surface area contributed by atoms with Gasteiger partial charge < -0.3 is 5.11 Å². The Morgan fingerprint density at radius 1 is 1.12 bits per heavy atom. The number of hydrogen-bond donors (Lipinski definition) is 1. The van der Waals surface area contributed by atoms with Gasteiger partial charge in [0.05, 0.1) is 5.56 Å². The summed E-state index contributed by atoms with van der Waals surface area (Å²) in [4.78, 5) is 0. The van der Waals surface area contributed by atoms with Crippen LogP contribution < -0.4 is 0 Å². The molecule has 130 valence electrons. The highest BCUT2D eigenvalue weighted by Gasteiger charge is 2.22. The summed E-state index contributed by atoms with van der Waals surface area (Å²) in [5, 5.41) is 18.7. The summed E-state index contributed by atoms with van der Waals surface area (Å²) in [6.07, 6.45) is 7.32. The van der Waals surface area contributed by atoms with Crippen molar-refractivity contribution in [1.82, 2.24) is 0 Å². The number of phenolic OH excluding ortho intramolecular Hbond substituents is 1. The van der Waals surface area contributed by atoms with Crippen LogP contribution in [0.25, 0.3) is 11.1 Å². The van der Waals surface area contributed by atoms with Gasteiger partial charge in [-0.3, -0.25) is 0 Å². The maximum Gasteiger partial charge on any atom is 0.133 e. The van der Waals surface area contributed by atoms with Gasteiger partial charge in [0.1, 0.15) is 17.6 Å². The van der Waals surface area contributed by atoms with E-state index in [1.165, 1.54) is 37.8 Å². The molecule has 3 heteroatoms. The molecule has 1 fully saturated rings. The van der Waals surface area contributed by atoms with Crippen molar-refractivity contribution >= 4 is 0 Å². The zero-order chi connectivity index (χ0) is 17.8. The molecule has 0 unspecified atom stereocenters. The quantitative estimate of drug-likeness (QED) is 0.728. The molecule has 0 spiro atoms. The lowest BCUT2D eigenvalue weighted by Crippen LogP contribution is -2.13. The molecule has 0 heterocycles.